The predicted octanol–water partition coefficient (Wildman–Crippen LogP) is 0.722. The number of rotatable bonds is 6. The highest BCUT2D eigenvalue weighted by atomic mass is 16.4. The highest BCUT2D eigenvalue weighted by Gasteiger charge is 2.35. The van der Waals surface area contributed by atoms with Gasteiger partial charge in [0.25, 0.3) is 0 Å². The van der Waals surface area contributed by atoms with E-state index in [2.05, 4.69) is 21.3 Å². The van der Waals surface area contributed by atoms with Gasteiger partial charge in [0.15, 0.2) is 0 Å². The minimum Gasteiger partial charge on any atom is -0.480 e. The second-order valence-corrected chi connectivity index (χ2v) is 7.22. The van der Waals surface area contributed by atoms with Crippen LogP contribution in [0.25, 0.3) is 0 Å². The van der Waals surface area contributed by atoms with Crippen LogP contribution in [0.5, 0.6) is 0 Å². The molecular weight excluding hydrogens is 360 g/mol. The molecule has 1 aromatic rings. The van der Waals surface area contributed by atoms with E-state index in [1.165, 1.54) is 0 Å². The molecule has 2 amide bonds. The highest BCUT2D eigenvalue weighted by molar-refractivity contribution is 5.75. The lowest BCUT2D eigenvalue weighted by molar-refractivity contribution is -0.139. The zero-order chi connectivity index (χ0) is 20.1. The second kappa shape index (κ2) is 8.89. The molecule has 0 spiro atoms. The second-order valence-electron chi connectivity index (χ2n) is 7.22. The number of likely N-dealkylation sites (N-methyl/N-ethyl adjacent to an activating group) is 1. The number of carboxylic acids is 1. The number of hydrogen-bond donors (Lipinski definition) is 2. The highest BCUT2D eigenvalue weighted by Crippen LogP contribution is 2.26. The summed E-state index contributed by atoms with van der Waals surface area (Å²) in [6, 6.07) is 5.82. The lowest BCUT2D eigenvalue weighted by atomic mass is 9.85. The minimum atomic E-state index is -0.818. The van der Waals surface area contributed by atoms with Crippen LogP contribution in [0.1, 0.15) is 25.3 Å². The monoisotopic (exact) mass is 386 g/mol. The van der Waals surface area contributed by atoms with E-state index in [1.54, 1.807) is 23.2 Å². The molecule has 2 fully saturated rings. The molecule has 3 rings (SSSR count). The molecule has 0 aromatic carbocycles. The molecule has 28 heavy (non-hydrogen) atoms. The Morgan fingerprint density at radius 2 is 2.07 bits per heavy atom. The van der Waals surface area contributed by atoms with Gasteiger partial charge in [-0.25, -0.2) is 9.78 Å². The molecule has 1 saturated heterocycles. The van der Waals surface area contributed by atoms with Crippen molar-refractivity contribution in [3.63, 3.8) is 0 Å². The van der Waals surface area contributed by atoms with Gasteiger partial charge in [-0.2, -0.15) is 5.26 Å². The quantitative estimate of drug-likeness (QED) is 0.741. The number of hydrogen-bond acceptors (Lipinski definition) is 6. The lowest BCUT2D eigenvalue weighted by Gasteiger charge is -2.43. The SMILES string of the molecule is CCN(CC(=O)O)C1CC(NC(=O)N2CCN(c3cc(C#N)ccn3)CC2)C1. The van der Waals surface area contributed by atoms with Crippen molar-refractivity contribution >= 4 is 17.8 Å². The van der Waals surface area contributed by atoms with Crippen LogP contribution in [0, 0.1) is 11.3 Å². The number of nitrogens with one attached hydrogen (secondary N) is 1. The van der Waals surface area contributed by atoms with Crippen LogP contribution in [0.4, 0.5) is 10.6 Å². The van der Waals surface area contributed by atoms with Gasteiger partial charge in [-0.15, -0.1) is 0 Å². The van der Waals surface area contributed by atoms with E-state index < -0.39 is 5.97 Å². The van der Waals surface area contributed by atoms with Crippen molar-refractivity contribution in [3.05, 3.63) is 23.9 Å². The largest absolute Gasteiger partial charge is 0.480 e. The summed E-state index contributed by atoms with van der Waals surface area (Å²) in [6.45, 7) is 5.23. The number of carboxylic acid groups (broad SMARTS) is 1. The maximum Gasteiger partial charge on any atom is 0.317 e. The number of aliphatic carboxylic acids is 1. The lowest BCUT2D eigenvalue weighted by Crippen LogP contribution is -2.59. The average Bonchev–Trinajstić information content (AvgIpc) is 2.68. The van der Waals surface area contributed by atoms with Crippen LogP contribution < -0.4 is 10.2 Å². The van der Waals surface area contributed by atoms with Crippen LogP contribution in [-0.2, 0) is 4.79 Å². The van der Waals surface area contributed by atoms with Crippen molar-refractivity contribution < 1.29 is 14.7 Å². The molecule has 2 N–H and O–H groups in total. The van der Waals surface area contributed by atoms with Crippen molar-refractivity contribution in [2.75, 3.05) is 44.2 Å². The van der Waals surface area contributed by atoms with Crippen molar-refractivity contribution in [1.29, 1.82) is 5.26 Å². The summed E-state index contributed by atoms with van der Waals surface area (Å²) in [5.74, 6) is -0.0546. The van der Waals surface area contributed by atoms with Gasteiger partial charge in [0.1, 0.15) is 5.82 Å². The fourth-order valence-corrected chi connectivity index (χ4v) is 3.74. The molecule has 0 radical (unpaired) electrons. The number of piperazine rings is 1. The third-order valence-electron chi connectivity index (χ3n) is 5.47. The van der Waals surface area contributed by atoms with E-state index in [4.69, 9.17) is 10.4 Å². The summed E-state index contributed by atoms with van der Waals surface area (Å²) in [5, 5.41) is 21.0. The molecule has 1 aromatic heterocycles. The maximum absolute atomic E-state index is 12.5. The van der Waals surface area contributed by atoms with E-state index in [1.807, 2.05) is 11.8 Å². The first kappa shape index (κ1) is 19.9. The van der Waals surface area contributed by atoms with Gasteiger partial charge in [-0.05, 0) is 31.5 Å². The number of nitriles is 1. The van der Waals surface area contributed by atoms with E-state index >= 15 is 0 Å². The topological polar surface area (TPSA) is 113 Å². The summed E-state index contributed by atoms with van der Waals surface area (Å²) < 4.78 is 0. The summed E-state index contributed by atoms with van der Waals surface area (Å²) in [4.78, 5) is 33.5. The molecule has 9 nitrogen and oxygen atoms in total. The summed E-state index contributed by atoms with van der Waals surface area (Å²) >= 11 is 0. The third-order valence-corrected chi connectivity index (χ3v) is 5.47. The normalized spacial score (nSPS) is 21.8. The zero-order valence-corrected chi connectivity index (χ0v) is 16.0. The zero-order valence-electron chi connectivity index (χ0n) is 16.0. The van der Waals surface area contributed by atoms with Crippen molar-refractivity contribution in [1.82, 2.24) is 20.1 Å². The van der Waals surface area contributed by atoms with Crippen LogP contribution in [-0.4, -0.2) is 83.2 Å². The Balaban J connectivity index is 1.42. The molecule has 0 atom stereocenters. The van der Waals surface area contributed by atoms with Gasteiger partial charge in [0, 0.05) is 44.5 Å². The average molecular weight is 386 g/mol. The van der Waals surface area contributed by atoms with Gasteiger partial charge in [-0.3, -0.25) is 9.69 Å². The number of aromatic nitrogens is 1. The summed E-state index contributed by atoms with van der Waals surface area (Å²) in [7, 11) is 0. The van der Waals surface area contributed by atoms with E-state index in [9.17, 15) is 9.59 Å². The first-order chi connectivity index (χ1) is 13.5. The maximum atomic E-state index is 12.5. The minimum absolute atomic E-state index is 0.0465. The fourth-order valence-electron chi connectivity index (χ4n) is 3.74. The number of nitrogens with zero attached hydrogens (tertiary/aromatic N) is 5. The molecule has 9 heteroatoms. The van der Waals surface area contributed by atoms with Crippen molar-refractivity contribution in [2.45, 2.75) is 31.8 Å². The molecule has 150 valence electrons. The van der Waals surface area contributed by atoms with Gasteiger partial charge in [0.2, 0.25) is 0 Å². The molecule has 1 saturated carbocycles. The number of pyridine rings is 1. The molecule has 1 aliphatic carbocycles. The number of carbonyl (C=O) groups excluding carboxylic acids is 1. The number of amides is 2. The van der Waals surface area contributed by atoms with Gasteiger partial charge < -0.3 is 20.2 Å². The van der Waals surface area contributed by atoms with Gasteiger partial charge in [-0.1, -0.05) is 6.92 Å². The molecule has 0 unspecified atom stereocenters. The van der Waals surface area contributed by atoms with Gasteiger partial charge >= 0.3 is 12.0 Å². The Bertz CT molecular complexity index is 750. The number of urea groups is 1. The van der Waals surface area contributed by atoms with E-state index in [0.29, 0.717) is 38.3 Å². The van der Waals surface area contributed by atoms with E-state index in [-0.39, 0.29) is 24.7 Å². The molecule has 2 aliphatic rings. The predicted molar refractivity (Wildman–Crippen MR) is 103 cm³/mol. The summed E-state index contributed by atoms with van der Waals surface area (Å²) in [5.41, 5.74) is 0.578. The first-order valence-electron chi connectivity index (χ1n) is 9.62. The molecular formula is C19H26N6O3. The Morgan fingerprint density at radius 3 is 2.68 bits per heavy atom. The Kier molecular flexibility index (Phi) is 6.31. The molecule has 0 bridgehead atoms. The third kappa shape index (κ3) is 4.70. The Labute approximate surface area is 164 Å². The standard InChI is InChI=1S/C19H26N6O3/c1-2-23(13-18(26)27)16-10-15(11-16)22-19(28)25-7-5-24(6-8-25)17-9-14(12-20)3-4-21-17/h3-4,9,15-16H,2,5-8,10-11,13H2,1H3,(H,22,28)(H,26,27). The first-order valence-corrected chi connectivity index (χ1v) is 9.62. The number of anilines is 1. The Hall–Kier alpha value is -2.86. The fraction of sp³-hybridized carbons (Fsp3) is 0.579. The van der Waals surface area contributed by atoms with Gasteiger partial charge in [0.05, 0.1) is 18.2 Å². The van der Waals surface area contributed by atoms with Crippen LogP contribution in [0.15, 0.2) is 18.3 Å². The van der Waals surface area contributed by atoms with E-state index in [0.717, 1.165) is 18.7 Å². The van der Waals surface area contributed by atoms with Crippen LogP contribution >= 0.6 is 0 Å². The summed E-state index contributed by atoms with van der Waals surface area (Å²) in [6.07, 6.45) is 3.21. The smallest absolute Gasteiger partial charge is 0.317 e. The molecule has 2 heterocycles. The van der Waals surface area contributed by atoms with Crippen molar-refractivity contribution in [2.24, 2.45) is 0 Å². The molecule has 1 aliphatic heterocycles. The van der Waals surface area contributed by atoms with Crippen LogP contribution in [0.3, 0.4) is 0 Å². The van der Waals surface area contributed by atoms with Crippen LogP contribution in [0.2, 0.25) is 0 Å². The van der Waals surface area contributed by atoms with Crippen molar-refractivity contribution in [3.8, 4) is 6.07 Å². The number of carbonyl (C=O) groups is 2. The Morgan fingerprint density at radius 1 is 1.36 bits per heavy atom.